The molecule has 0 atom stereocenters. The number of carbonyl (C=O) groups excluding carboxylic acids is 1. The summed E-state index contributed by atoms with van der Waals surface area (Å²) in [5, 5.41) is 0. The van der Waals surface area contributed by atoms with Crippen molar-refractivity contribution in [2.24, 2.45) is 0 Å². The highest BCUT2D eigenvalue weighted by atomic mass is 16.5. The van der Waals surface area contributed by atoms with Crippen LogP contribution in [0.1, 0.15) is 16.2 Å². The van der Waals surface area contributed by atoms with E-state index < -0.39 is 0 Å². The SMILES string of the molecule is COc1cc(OC)nc(COc2cccc(C(=O)N(C)c3cccnc3)c2)n1. The van der Waals surface area contributed by atoms with Gasteiger partial charge < -0.3 is 19.1 Å². The number of methoxy groups -OCH3 is 2. The molecule has 0 radical (unpaired) electrons. The smallest absolute Gasteiger partial charge is 0.258 e. The number of benzene rings is 1. The molecule has 2 heterocycles. The third kappa shape index (κ3) is 4.53. The molecule has 0 spiro atoms. The summed E-state index contributed by atoms with van der Waals surface area (Å²) >= 11 is 0. The first kappa shape index (κ1) is 19.1. The van der Waals surface area contributed by atoms with Gasteiger partial charge >= 0.3 is 0 Å². The van der Waals surface area contributed by atoms with Crippen molar-refractivity contribution in [3.8, 4) is 17.5 Å². The molecule has 0 N–H and O–H groups in total. The zero-order valence-corrected chi connectivity index (χ0v) is 15.8. The molecule has 0 bridgehead atoms. The maximum atomic E-state index is 12.7. The van der Waals surface area contributed by atoms with Crippen LogP contribution in [-0.2, 0) is 6.61 Å². The predicted molar refractivity (Wildman–Crippen MR) is 103 cm³/mol. The van der Waals surface area contributed by atoms with Crippen LogP contribution >= 0.6 is 0 Å². The average Bonchev–Trinajstić information content (AvgIpc) is 2.77. The van der Waals surface area contributed by atoms with Gasteiger partial charge in [-0.1, -0.05) is 6.07 Å². The topological polar surface area (TPSA) is 86.7 Å². The van der Waals surface area contributed by atoms with E-state index >= 15 is 0 Å². The van der Waals surface area contributed by atoms with Crippen molar-refractivity contribution in [2.75, 3.05) is 26.2 Å². The van der Waals surface area contributed by atoms with Crippen molar-refractivity contribution < 1.29 is 19.0 Å². The molecule has 3 rings (SSSR count). The number of ether oxygens (including phenoxy) is 3. The molecule has 0 saturated carbocycles. The molecule has 0 aliphatic heterocycles. The van der Waals surface area contributed by atoms with E-state index in [1.807, 2.05) is 6.07 Å². The Morgan fingerprint density at radius 1 is 1.04 bits per heavy atom. The Morgan fingerprint density at radius 2 is 1.79 bits per heavy atom. The van der Waals surface area contributed by atoms with E-state index in [0.29, 0.717) is 34.6 Å². The molecule has 1 amide bonds. The molecule has 3 aromatic rings. The number of hydrogen-bond donors (Lipinski definition) is 0. The van der Waals surface area contributed by atoms with Crippen molar-refractivity contribution in [1.82, 2.24) is 15.0 Å². The fraction of sp³-hybridized carbons (Fsp3) is 0.200. The van der Waals surface area contributed by atoms with Crippen LogP contribution in [0.3, 0.4) is 0 Å². The van der Waals surface area contributed by atoms with E-state index in [9.17, 15) is 4.79 Å². The Morgan fingerprint density at radius 3 is 2.43 bits per heavy atom. The first-order valence-electron chi connectivity index (χ1n) is 8.47. The van der Waals surface area contributed by atoms with Crippen molar-refractivity contribution in [2.45, 2.75) is 6.61 Å². The third-order valence-corrected chi connectivity index (χ3v) is 3.93. The summed E-state index contributed by atoms with van der Waals surface area (Å²) in [5.41, 5.74) is 1.20. The Balaban J connectivity index is 1.72. The van der Waals surface area contributed by atoms with Crippen molar-refractivity contribution in [3.63, 3.8) is 0 Å². The van der Waals surface area contributed by atoms with Crippen LogP contribution in [0.2, 0.25) is 0 Å². The van der Waals surface area contributed by atoms with Gasteiger partial charge in [-0.25, -0.2) is 0 Å². The minimum atomic E-state index is -0.169. The molecule has 1 aromatic carbocycles. The second-order valence-electron chi connectivity index (χ2n) is 5.76. The number of aromatic nitrogens is 3. The van der Waals surface area contributed by atoms with Gasteiger partial charge in [0, 0.05) is 18.8 Å². The van der Waals surface area contributed by atoms with Crippen LogP contribution in [-0.4, -0.2) is 42.1 Å². The normalized spacial score (nSPS) is 10.2. The monoisotopic (exact) mass is 380 g/mol. The van der Waals surface area contributed by atoms with Crippen LogP contribution in [0.4, 0.5) is 5.69 Å². The number of pyridine rings is 1. The zero-order valence-electron chi connectivity index (χ0n) is 15.8. The Bertz CT molecular complexity index is 928. The molecule has 0 unspecified atom stereocenters. The quantitative estimate of drug-likeness (QED) is 0.623. The fourth-order valence-corrected chi connectivity index (χ4v) is 2.45. The van der Waals surface area contributed by atoms with Gasteiger partial charge in [-0.15, -0.1) is 0 Å². The number of nitrogens with zero attached hydrogens (tertiary/aromatic N) is 4. The van der Waals surface area contributed by atoms with Crippen molar-refractivity contribution in [1.29, 1.82) is 0 Å². The largest absolute Gasteiger partial charge is 0.486 e. The molecule has 8 heteroatoms. The number of amides is 1. The van der Waals surface area contributed by atoms with Crippen LogP contribution < -0.4 is 19.1 Å². The van der Waals surface area contributed by atoms with E-state index in [2.05, 4.69) is 15.0 Å². The molecular formula is C20H20N4O4. The highest BCUT2D eigenvalue weighted by molar-refractivity contribution is 6.05. The number of hydrogen-bond acceptors (Lipinski definition) is 7. The molecular weight excluding hydrogens is 360 g/mol. The maximum Gasteiger partial charge on any atom is 0.258 e. The van der Waals surface area contributed by atoms with Crippen molar-refractivity contribution >= 4 is 11.6 Å². The van der Waals surface area contributed by atoms with Gasteiger partial charge in [0.2, 0.25) is 11.8 Å². The molecule has 0 aliphatic rings. The van der Waals surface area contributed by atoms with Gasteiger partial charge in [0.25, 0.3) is 5.91 Å². The summed E-state index contributed by atoms with van der Waals surface area (Å²) in [5.74, 6) is 1.52. The lowest BCUT2D eigenvalue weighted by molar-refractivity contribution is 0.0992. The minimum Gasteiger partial charge on any atom is -0.486 e. The van der Waals surface area contributed by atoms with E-state index in [-0.39, 0.29) is 12.5 Å². The van der Waals surface area contributed by atoms with Crippen LogP contribution in [0.25, 0.3) is 0 Å². The first-order valence-corrected chi connectivity index (χ1v) is 8.47. The number of rotatable bonds is 7. The van der Waals surface area contributed by atoms with Gasteiger partial charge in [-0.05, 0) is 30.3 Å². The van der Waals surface area contributed by atoms with E-state index in [1.165, 1.54) is 19.1 Å². The molecule has 0 fully saturated rings. The van der Waals surface area contributed by atoms with Crippen LogP contribution in [0.5, 0.6) is 17.5 Å². The van der Waals surface area contributed by atoms with E-state index in [1.54, 1.807) is 55.8 Å². The van der Waals surface area contributed by atoms with Gasteiger partial charge in [-0.3, -0.25) is 9.78 Å². The molecule has 0 saturated heterocycles. The lowest BCUT2D eigenvalue weighted by Gasteiger charge is -2.17. The van der Waals surface area contributed by atoms with Gasteiger partial charge in [0.15, 0.2) is 5.82 Å². The molecule has 0 aliphatic carbocycles. The van der Waals surface area contributed by atoms with E-state index in [4.69, 9.17) is 14.2 Å². The zero-order chi connectivity index (χ0) is 19.9. The summed E-state index contributed by atoms with van der Waals surface area (Å²) < 4.78 is 16.0. The second-order valence-corrected chi connectivity index (χ2v) is 5.76. The fourth-order valence-electron chi connectivity index (χ4n) is 2.45. The Hall–Kier alpha value is -3.68. The summed E-state index contributed by atoms with van der Waals surface area (Å²) in [6.07, 6.45) is 3.29. The highest BCUT2D eigenvalue weighted by Gasteiger charge is 2.14. The molecule has 28 heavy (non-hydrogen) atoms. The number of carbonyl (C=O) groups is 1. The first-order chi connectivity index (χ1) is 13.6. The summed E-state index contributed by atoms with van der Waals surface area (Å²) in [6.45, 7) is 0.101. The Labute approximate surface area is 162 Å². The molecule has 144 valence electrons. The third-order valence-electron chi connectivity index (χ3n) is 3.93. The minimum absolute atomic E-state index is 0.101. The number of anilines is 1. The van der Waals surface area contributed by atoms with Gasteiger partial charge in [0.05, 0.1) is 32.2 Å². The Kier molecular flexibility index (Phi) is 6.01. The molecule has 8 nitrogen and oxygen atoms in total. The average molecular weight is 380 g/mol. The van der Waals surface area contributed by atoms with Gasteiger partial charge in [-0.2, -0.15) is 9.97 Å². The lowest BCUT2D eigenvalue weighted by Crippen LogP contribution is -2.26. The maximum absolute atomic E-state index is 12.7. The summed E-state index contributed by atoms with van der Waals surface area (Å²) in [7, 11) is 4.73. The van der Waals surface area contributed by atoms with Crippen molar-refractivity contribution in [3.05, 3.63) is 66.2 Å². The standard InChI is InChI=1S/C20H20N4O4/c1-24(15-7-5-9-21-12-15)20(25)14-6-4-8-16(10-14)28-13-17-22-18(26-2)11-19(23-17)27-3/h4-12H,13H2,1-3H3. The summed E-state index contributed by atoms with van der Waals surface area (Å²) in [4.78, 5) is 26.7. The van der Waals surface area contributed by atoms with Crippen LogP contribution in [0, 0.1) is 0 Å². The summed E-state index contributed by atoms with van der Waals surface area (Å²) in [6, 6.07) is 12.1. The molecule has 2 aromatic heterocycles. The highest BCUT2D eigenvalue weighted by Crippen LogP contribution is 2.20. The lowest BCUT2D eigenvalue weighted by atomic mass is 10.2. The second kappa shape index (κ2) is 8.81. The van der Waals surface area contributed by atoms with Gasteiger partial charge in [0.1, 0.15) is 12.4 Å². The predicted octanol–water partition coefficient (Wildman–Crippen LogP) is 2.74. The van der Waals surface area contributed by atoms with E-state index in [0.717, 1.165) is 0 Å². The van der Waals surface area contributed by atoms with Crippen LogP contribution in [0.15, 0.2) is 54.9 Å².